The number of aliphatic hydroxyl groups excluding tert-OH is 1. The van der Waals surface area contributed by atoms with E-state index in [0.29, 0.717) is 24.7 Å². The van der Waals surface area contributed by atoms with Crippen molar-refractivity contribution < 1.29 is 14.4 Å². The molecule has 7 nitrogen and oxygen atoms in total. The molecule has 0 bridgehead atoms. The second-order valence-corrected chi connectivity index (χ2v) is 2.65. The van der Waals surface area contributed by atoms with E-state index in [1.807, 2.05) is 0 Å². The van der Waals surface area contributed by atoms with Gasteiger partial charge in [0.15, 0.2) is 5.82 Å². The third-order valence-corrected chi connectivity index (χ3v) is 1.42. The summed E-state index contributed by atoms with van der Waals surface area (Å²) < 4.78 is 4.81. The van der Waals surface area contributed by atoms with E-state index in [2.05, 4.69) is 15.5 Å². The fourth-order valence-electron chi connectivity index (χ4n) is 0.856. The first-order valence-electron chi connectivity index (χ1n) is 4.13. The van der Waals surface area contributed by atoms with Crippen LogP contribution in [0, 0.1) is 0 Å². The second kappa shape index (κ2) is 5.30. The summed E-state index contributed by atoms with van der Waals surface area (Å²) in [6, 6.07) is 0. The van der Waals surface area contributed by atoms with Crippen molar-refractivity contribution in [3.63, 3.8) is 0 Å². The predicted octanol–water partition coefficient (Wildman–Crippen LogP) is -1.82. The summed E-state index contributed by atoms with van der Waals surface area (Å²) in [7, 11) is 0. The molecule has 0 radical (unpaired) electrons. The summed E-state index contributed by atoms with van der Waals surface area (Å²) in [5, 5.41) is 14.9. The van der Waals surface area contributed by atoms with Gasteiger partial charge in [0.1, 0.15) is 0 Å². The second-order valence-electron chi connectivity index (χ2n) is 2.65. The van der Waals surface area contributed by atoms with Gasteiger partial charge in [-0.05, 0) is 0 Å². The van der Waals surface area contributed by atoms with Gasteiger partial charge in [-0.3, -0.25) is 10.1 Å². The Morgan fingerprint density at radius 1 is 1.64 bits per heavy atom. The topological polar surface area (TPSA) is 114 Å². The number of amides is 1. The zero-order chi connectivity index (χ0) is 10.4. The van der Waals surface area contributed by atoms with Crippen LogP contribution in [0.15, 0.2) is 4.52 Å². The molecule has 0 saturated carbocycles. The van der Waals surface area contributed by atoms with E-state index in [1.165, 1.54) is 0 Å². The van der Waals surface area contributed by atoms with Crippen LogP contribution in [0.3, 0.4) is 0 Å². The summed E-state index contributed by atoms with van der Waals surface area (Å²) in [6.45, 7) is 0.340. The van der Waals surface area contributed by atoms with Crippen molar-refractivity contribution in [2.75, 3.05) is 13.2 Å². The lowest BCUT2D eigenvalue weighted by Crippen LogP contribution is -2.28. The maximum Gasteiger partial charge on any atom is 0.240 e. The number of hydrogen-bond acceptors (Lipinski definition) is 6. The predicted molar refractivity (Wildman–Crippen MR) is 46.0 cm³/mol. The molecular weight excluding hydrogens is 188 g/mol. The van der Waals surface area contributed by atoms with Crippen molar-refractivity contribution in [1.29, 1.82) is 0 Å². The van der Waals surface area contributed by atoms with Crippen molar-refractivity contribution in [2.24, 2.45) is 5.73 Å². The summed E-state index contributed by atoms with van der Waals surface area (Å²) >= 11 is 0. The minimum atomic E-state index is -0.444. The fraction of sp³-hybridized carbons (Fsp3) is 0.571. The van der Waals surface area contributed by atoms with Crippen LogP contribution in [0.1, 0.15) is 11.7 Å². The molecule has 1 heterocycles. The summed E-state index contributed by atoms with van der Waals surface area (Å²) in [4.78, 5) is 14.3. The standard InChI is InChI=1S/C7H12N4O3/c8-5(13)3-9-4-7-10-6(1-2-12)11-14-7/h9,12H,1-4H2,(H2,8,13). The highest BCUT2D eigenvalue weighted by Gasteiger charge is 2.05. The molecule has 1 amide bonds. The van der Waals surface area contributed by atoms with Crippen LogP contribution < -0.4 is 11.1 Å². The largest absolute Gasteiger partial charge is 0.396 e. The molecule has 0 aliphatic carbocycles. The smallest absolute Gasteiger partial charge is 0.240 e. The van der Waals surface area contributed by atoms with Gasteiger partial charge in [-0.15, -0.1) is 0 Å². The van der Waals surface area contributed by atoms with E-state index in [1.54, 1.807) is 0 Å². The van der Waals surface area contributed by atoms with Gasteiger partial charge < -0.3 is 15.4 Å². The molecule has 0 fully saturated rings. The van der Waals surface area contributed by atoms with E-state index in [-0.39, 0.29) is 13.2 Å². The summed E-state index contributed by atoms with van der Waals surface area (Å²) in [5.74, 6) is 0.373. The minimum absolute atomic E-state index is 0.0202. The van der Waals surface area contributed by atoms with Gasteiger partial charge in [-0.2, -0.15) is 4.98 Å². The van der Waals surface area contributed by atoms with E-state index in [9.17, 15) is 4.79 Å². The van der Waals surface area contributed by atoms with Crippen molar-refractivity contribution >= 4 is 5.91 Å². The third-order valence-electron chi connectivity index (χ3n) is 1.42. The highest BCUT2D eigenvalue weighted by Crippen LogP contribution is 1.96. The lowest BCUT2D eigenvalue weighted by atomic mass is 10.4. The van der Waals surface area contributed by atoms with Crippen LogP contribution in [-0.2, 0) is 17.8 Å². The Balaban J connectivity index is 2.32. The monoisotopic (exact) mass is 200 g/mol. The average molecular weight is 200 g/mol. The van der Waals surface area contributed by atoms with Crippen LogP contribution in [0.2, 0.25) is 0 Å². The lowest BCUT2D eigenvalue weighted by Gasteiger charge is -1.95. The lowest BCUT2D eigenvalue weighted by molar-refractivity contribution is -0.117. The molecule has 0 aliphatic heterocycles. The third kappa shape index (κ3) is 3.50. The number of primary amides is 1. The molecule has 1 aromatic rings. The molecule has 0 unspecified atom stereocenters. The number of aliphatic hydroxyl groups is 1. The SMILES string of the molecule is NC(=O)CNCc1nc(CCO)no1. The van der Waals surface area contributed by atoms with Gasteiger partial charge in [-0.25, -0.2) is 0 Å². The molecular formula is C7H12N4O3. The molecule has 0 atom stereocenters. The van der Waals surface area contributed by atoms with Crippen LogP contribution in [0.4, 0.5) is 0 Å². The number of nitrogens with one attached hydrogen (secondary N) is 1. The molecule has 1 rings (SSSR count). The molecule has 0 aromatic carbocycles. The first-order valence-corrected chi connectivity index (χ1v) is 4.13. The molecule has 0 aliphatic rings. The van der Waals surface area contributed by atoms with Gasteiger partial charge in [0, 0.05) is 6.42 Å². The van der Waals surface area contributed by atoms with E-state index in [0.717, 1.165) is 0 Å². The Morgan fingerprint density at radius 3 is 3.07 bits per heavy atom. The van der Waals surface area contributed by atoms with E-state index < -0.39 is 5.91 Å². The van der Waals surface area contributed by atoms with Gasteiger partial charge in [0.25, 0.3) is 0 Å². The number of aromatic nitrogens is 2. The molecule has 4 N–H and O–H groups in total. The Kier molecular flexibility index (Phi) is 4.02. The van der Waals surface area contributed by atoms with Crippen molar-refractivity contribution in [2.45, 2.75) is 13.0 Å². The zero-order valence-electron chi connectivity index (χ0n) is 7.56. The van der Waals surface area contributed by atoms with Gasteiger partial charge in [0.2, 0.25) is 11.8 Å². The highest BCUT2D eigenvalue weighted by molar-refractivity contribution is 5.75. The maximum atomic E-state index is 10.4. The summed E-state index contributed by atoms with van der Waals surface area (Å²) in [5.41, 5.74) is 4.91. The highest BCUT2D eigenvalue weighted by atomic mass is 16.5. The van der Waals surface area contributed by atoms with Crippen LogP contribution in [0.5, 0.6) is 0 Å². The number of rotatable bonds is 6. The first kappa shape index (κ1) is 10.6. The zero-order valence-corrected chi connectivity index (χ0v) is 7.56. The number of carbonyl (C=O) groups excluding carboxylic acids is 1. The van der Waals surface area contributed by atoms with Crippen molar-refractivity contribution in [1.82, 2.24) is 15.5 Å². The Morgan fingerprint density at radius 2 is 2.43 bits per heavy atom. The molecule has 1 aromatic heterocycles. The number of nitrogens with zero attached hydrogens (tertiary/aromatic N) is 2. The maximum absolute atomic E-state index is 10.4. The molecule has 0 saturated heterocycles. The summed E-state index contributed by atoms with van der Waals surface area (Å²) in [6.07, 6.45) is 0.360. The number of nitrogens with two attached hydrogens (primary N) is 1. The Hall–Kier alpha value is -1.47. The molecule has 0 spiro atoms. The minimum Gasteiger partial charge on any atom is -0.396 e. The quantitative estimate of drug-likeness (QED) is 0.498. The van der Waals surface area contributed by atoms with Gasteiger partial charge >= 0.3 is 0 Å². The van der Waals surface area contributed by atoms with Crippen molar-refractivity contribution in [3.8, 4) is 0 Å². The number of carbonyl (C=O) groups is 1. The van der Waals surface area contributed by atoms with E-state index in [4.69, 9.17) is 15.4 Å². The Bertz CT molecular complexity index is 299. The van der Waals surface area contributed by atoms with Crippen LogP contribution in [-0.4, -0.2) is 34.3 Å². The van der Waals surface area contributed by atoms with Gasteiger partial charge in [0.05, 0.1) is 19.7 Å². The van der Waals surface area contributed by atoms with Gasteiger partial charge in [-0.1, -0.05) is 5.16 Å². The van der Waals surface area contributed by atoms with Crippen LogP contribution >= 0.6 is 0 Å². The molecule has 14 heavy (non-hydrogen) atoms. The Labute approximate surface area is 80.3 Å². The van der Waals surface area contributed by atoms with Crippen LogP contribution in [0.25, 0.3) is 0 Å². The van der Waals surface area contributed by atoms with E-state index >= 15 is 0 Å². The molecule has 7 heteroatoms. The first-order chi connectivity index (χ1) is 6.72. The van der Waals surface area contributed by atoms with Crippen molar-refractivity contribution in [3.05, 3.63) is 11.7 Å². The fourth-order valence-corrected chi connectivity index (χ4v) is 0.856. The molecule has 78 valence electrons. The average Bonchev–Trinajstić information content (AvgIpc) is 2.53. The normalized spacial score (nSPS) is 10.4. The number of hydrogen-bond donors (Lipinski definition) is 3.